The molecule has 0 spiro atoms. The van der Waals surface area contributed by atoms with Crippen molar-refractivity contribution >= 4 is 8.07 Å². The highest BCUT2D eigenvalue weighted by molar-refractivity contribution is 6.80. The summed E-state index contributed by atoms with van der Waals surface area (Å²) in [5.74, 6) is 4.48. The molecular weight excluding hydrogens is 400 g/mol. The summed E-state index contributed by atoms with van der Waals surface area (Å²) in [6, 6.07) is 11.5. The van der Waals surface area contributed by atoms with Gasteiger partial charge in [0.15, 0.2) is 0 Å². The lowest BCUT2D eigenvalue weighted by molar-refractivity contribution is 0.473. The smallest absolute Gasteiger partial charge is 0.0556 e. The van der Waals surface area contributed by atoms with Gasteiger partial charge < -0.3 is 0 Å². The van der Waals surface area contributed by atoms with Crippen molar-refractivity contribution in [2.24, 2.45) is 35.0 Å². The van der Waals surface area contributed by atoms with Crippen LogP contribution in [0.15, 0.2) is 78.4 Å². The molecule has 0 nitrogen and oxygen atoms in total. The second-order valence-electron chi connectivity index (χ2n) is 12.8. The maximum atomic E-state index is 2.77. The quantitative estimate of drug-likeness (QED) is 0.410. The summed E-state index contributed by atoms with van der Waals surface area (Å²) >= 11 is 0. The fourth-order valence-corrected chi connectivity index (χ4v) is 14.4. The summed E-state index contributed by atoms with van der Waals surface area (Å²) in [6.07, 6.45) is 20.3. The second-order valence-corrected chi connectivity index (χ2v) is 17.8. The molecular formula is C31H42Si. The summed E-state index contributed by atoms with van der Waals surface area (Å²) in [7, 11) is -1.60. The van der Waals surface area contributed by atoms with Crippen LogP contribution in [0.3, 0.4) is 0 Å². The van der Waals surface area contributed by atoms with Crippen molar-refractivity contribution in [3.8, 4) is 0 Å². The summed E-state index contributed by atoms with van der Waals surface area (Å²) in [5, 5.41) is 0. The monoisotopic (exact) mass is 442 g/mol. The molecule has 1 aromatic carbocycles. The van der Waals surface area contributed by atoms with Crippen molar-refractivity contribution in [1.29, 1.82) is 0 Å². The molecule has 8 unspecified atom stereocenters. The molecule has 4 aliphatic carbocycles. The zero-order valence-electron chi connectivity index (χ0n) is 21.0. The van der Waals surface area contributed by atoms with Gasteiger partial charge in [-0.1, -0.05) is 114 Å². The van der Waals surface area contributed by atoms with Crippen LogP contribution in [0.25, 0.3) is 0 Å². The van der Waals surface area contributed by atoms with E-state index in [1.165, 1.54) is 12.8 Å². The fraction of sp³-hybridized carbons (Fsp3) is 0.548. The van der Waals surface area contributed by atoms with Gasteiger partial charge in [-0.05, 0) is 76.0 Å². The molecule has 1 aromatic rings. The number of hydrogen-bond acceptors (Lipinski definition) is 0. The number of allylic oxidation sites excluding steroid dienone is 8. The van der Waals surface area contributed by atoms with Crippen molar-refractivity contribution in [2.45, 2.75) is 70.6 Å². The molecule has 0 bridgehead atoms. The van der Waals surface area contributed by atoms with E-state index in [0.717, 1.165) is 40.7 Å². The van der Waals surface area contributed by atoms with E-state index in [9.17, 15) is 0 Å². The Kier molecular flexibility index (Phi) is 5.56. The van der Waals surface area contributed by atoms with Crippen molar-refractivity contribution in [2.75, 3.05) is 0 Å². The van der Waals surface area contributed by atoms with E-state index in [2.05, 4.69) is 114 Å². The van der Waals surface area contributed by atoms with Gasteiger partial charge in [0.25, 0.3) is 0 Å². The Morgan fingerprint density at radius 1 is 0.812 bits per heavy atom. The molecule has 5 rings (SSSR count). The third kappa shape index (κ3) is 3.65. The van der Waals surface area contributed by atoms with Gasteiger partial charge >= 0.3 is 0 Å². The Balaban J connectivity index is 1.51. The minimum Gasteiger partial charge on any atom is -0.0808 e. The third-order valence-electron chi connectivity index (χ3n) is 9.54. The predicted octanol–water partition coefficient (Wildman–Crippen LogP) is 8.80. The SMILES string of the molecule is CC1CC2C=C(C(C)(C)C)C=CC2C1[Si](C)(C)C1C(c2ccccc2)CC2C=CC=CC21. The van der Waals surface area contributed by atoms with E-state index in [1.54, 1.807) is 11.1 Å². The Morgan fingerprint density at radius 3 is 2.22 bits per heavy atom. The molecule has 2 saturated carbocycles. The van der Waals surface area contributed by atoms with Crippen LogP contribution in [0.1, 0.15) is 52.0 Å². The third-order valence-corrected chi connectivity index (χ3v) is 14.7. The topological polar surface area (TPSA) is 0 Å². The molecule has 0 aliphatic heterocycles. The first-order chi connectivity index (χ1) is 15.2. The Hall–Kier alpha value is -1.60. The predicted molar refractivity (Wildman–Crippen MR) is 141 cm³/mol. The van der Waals surface area contributed by atoms with Crippen molar-refractivity contribution in [3.63, 3.8) is 0 Å². The van der Waals surface area contributed by atoms with E-state index in [1.807, 2.05) is 0 Å². The Morgan fingerprint density at radius 2 is 1.50 bits per heavy atom. The van der Waals surface area contributed by atoms with Crippen LogP contribution in [0.5, 0.6) is 0 Å². The van der Waals surface area contributed by atoms with Gasteiger partial charge in [-0.15, -0.1) is 0 Å². The molecule has 170 valence electrons. The van der Waals surface area contributed by atoms with E-state index >= 15 is 0 Å². The van der Waals surface area contributed by atoms with Crippen LogP contribution in [0, 0.1) is 35.0 Å². The Bertz CT molecular complexity index is 954. The lowest BCUT2D eigenvalue weighted by Crippen LogP contribution is -2.45. The largest absolute Gasteiger partial charge is 0.0808 e. The summed E-state index contributed by atoms with van der Waals surface area (Å²) in [6.45, 7) is 15.2. The average Bonchev–Trinajstić information content (AvgIpc) is 3.31. The number of rotatable bonds is 3. The average molecular weight is 443 g/mol. The molecule has 0 radical (unpaired) electrons. The number of hydrogen-bond donors (Lipinski definition) is 0. The van der Waals surface area contributed by atoms with Crippen molar-refractivity contribution < 1.29 is 0 Å². The molecule has 1 heteroatoms. The molecule has 32 heavy (non-hydrogen) atoms. The number of benzene rings is 1. The van der Waals surface area contributed by atoms with Crippen LogP contribution in [-0.2, 0) is 0 Å². The van der Waals surface area contributed by atoms with Gasteiger partial charge in [-0.3, -0.25) is 0 Å². The molecule has 0 saturated heterocycles. The first-order valence-electron chi connectivity index (χ1n) is 13.0. The Labute approximate surface area is 197 Å². The lowest BCUT2D eigenvalue weighted by atomic mass is 9.78. The van der Waals surface area contributed by atoms with Gasteiger partial charge in [-0.2, -0.15) is 0 Å². The van der Waals surface area contributed by atoms with E-state index < -0.39 is 8.07 Å². The molecule has 8 atom stereocenters. The second kappa shape index (κ2) is 8.01. The van der Waals surface area contributed by atoms with Crippen molar-refractivity contribution in [3.05, 3.63) is 84.0 Å². The highest BCUT2D eigenvalue weighted by Crippen LogP contribution is 2.64. The van der Waals surface area contributed by atoms with E-state index in [0.29, 0.717) is 5.92 Å². The maximum Gasteiger partial charge on any atom is 0.0556 e. The lowest BCUT2D eigenvalue weighted by Gasteiger charge is -2.46. The first-order valence-corrected chi connectivity index (χ1v) is 16.1. The van der Waals surface area contributed by atoms with Crippen molar-refractivity contribution in [1.82, 2.24) is 0 Å². The summed E-state index contributed by atoms with van der Waals surface area (Å²) in [4.78, 5) is 0. The van der Waals surface area contributed by atoms with Gasteiger partial charge in [0.2, 0.25) is 0 Å². The van der Waals surface area contributed by atoms with E-state index in [4.69, 9.17) is 0 Å². The standard InChI is InChI=1S/C31H42Si/c1-21-18-24-19-25(31(2,3)4)16-17-27(24)29(21)32(5,6)30-26-15-11-10-14-23(26)20-28(30)22-12-8-7-9-13-22/h7-17,19,21,23-24,26-30H,18,20H2,1-6H3. The molecule has 0 N–H and O–H groups in total. The van der Waals surface area contributed by atoms with Crippen LogP contribution in [0.4, 0.5) is 0 Å². The van der Waals surface area contributed by atoms with E-state index in [-0.39, 0.29) is 5.41 Å². The highest BCUT2D eigenvalue weighted by atomic mass is 28.3. The molecule has 4 aliphatic rings. The van der Waals surface area contributed by atoms with Crippen LogP contribution in [0.2, 0.25) is 24.2 Å². The number of fused-ring (bicyclic) bond motifs is 2. The summed E-state index contributed by atoms with van der Waals surface area (Å²) in [5.41, 5.74) is 5.09. The van der Waals surface area contributed by atoms with Gasteiger partial charge in [-0.25, -0.2) is 0 Å². The first kappa shape index (κ1) is 22.2. The summed E-state index contributed by atoms with van der Waals surface area (Å²) < 4.78 is 0. The zero-order chi connectivity index (χ0) is 22.7. The van der Waals surface area contributed by atoms with Crippen LogP contribution in [-0.4, -0.2) is 8.07 Å². The molecule has 0 amide bonds. The molecule has 2 fully saturated rings. The normalized spacial score (nSPS) is 38.5. The minimum absolute atomic E-state index is 0.256. The highest BCUT2D eigenvalue weighted by Gasteiger charge is 2.57. The maximum absolute atomic E-state index is 2.77. The van der Waals surface area contributed by atoms with Crippen LogP contribution >= 0.6 is 0 Å². The molecule has 0 aromatic heterocycles. The minimum atomic E-state index is -1.60. The zero-order valence-corrected chi connectivity index (χ0v) is 22.0. The fourth-order valence-electron chi connectivity index (χ4n) is 8.33. The van der Waals surface area contributed by atoms with Gasteiger partial charge in [0.1, 0.15) is 0 Å². The van der Waals surface area contributed by atoms with Crippen LogP contribution < -0.4 is 0 Å². The molecule has 0 heterocycles. The van der Waals surface area contributed by atoms with Gasteiger partial charge in [0, 0.05) is 0 Å². The van der Waals surface area contributed by atoms with Gasteiger partial charge in [0.05, 0.1) is 8.07 Å².